The van der Waals surface area contributed by atoms with Gasteiger partial charge in [-0.15, -0.1) is 11.3 Å². The van der Waals surface area contributed by atoms with Gasteiger partial charge in [-0.1, -0.05) is 18.9 Å². The SMILES string of the molecule is NCC1(C(=O)NC(c2cccs2)C2CCCC2)CC1. The van der Waals surface area contributed by atoms with Gasteiger partial charge in [0, 0.05) is 11.4 Å². The highest BCUT2D eigenvalue weighted by atomic mass is 32.1. The highest BCUT2D eigenvalue weighted by molar-refractivity contribution is 7.10. The molecular formula is C15H22N2OS. The van der Waals surface area contributed by atoms with E-state index in [4.69, 9.17) is 5.73 Å². The molecule has 2 aliphatic rings. The first-order valence-electron chi connectivity index (χ1n) is 7.30. The molecule has 3 rings (SSSR count). The molecule has 0 radical (unpaired) electrons. The number of carbonyl (C=O) groups is 1. The Hall–Kier alpha value is -0.870. The van der Waals surface area contributed by atoms with E-state index in [0.29, 0.717) is 12.5 Å². The van der Waals surface area contributed by atoms with Gasteiger partial charge in [0.15, 0.2) is 0 Å². The van der Waals surface area contributed by atoms with Crippen LogP contribution in [0.5, 0.6) is 0 Å². The molecule has 1 aromatic heterocycles. The summed E-state index contributed by atoms with van der Waals surface area (Å²) in [6, 6.07) is 4.43. The molecule has 2 aliphatic carbocycles. The lowest BCUT2D eigenvalue weighted by atomic mass is 9.95. The van der Waals surface area contributed by atoms with Gasteiger partial charge in [0.2, 0.25) is 5.91 Å². The fourth-order valence-electron chi connectivity index (χ4n) is 3.15. The number of nitrogens with one attached hydrogen (secondary N) is 1. The minimum absolute atomic E-state index is 0.181. The van der Waals surface area contributed by atoms with Gasteiger partial charge in [0.25, 0.3) is 0 Å². The zero-order valence-electron chi connectivity index (χ0n) is 11.2. The summed E-state index contributed by atoms with van der Waals surface area (Å²) in [6.45, 7) is 0.487. The fraction of sp³-hybridized carbons (Fsp3) is 0.667. The monoisotopic (exact) mass is 278 g/mol. The van der Waals surface area contributed by atoms with Crippen molar-refractivity contribution in [2.45, 2.75) is 44.6 Å². The molecule has 1 atom stereocenters. The summed E-state index contributed by atoms with van der Waals surface area (Å²) in [5, 5.41) is 5.40. The molecule has 2 fully saturated rings. The summed E-state index contributed by atoms with van der Waals surface area (Å²) < 4.78 is 0. The number of amides is 1. The van der Waals surface area contributed by atoms with Gasteiger partial charge in [-0.05, 0) is 43.0 Å². The molecule has 1 aromatic rings. The lowest BCUT2D eigenvalue weighted by Crippen LogP contribution is -2.40. The van der Waals surface area contributed by atoms with Crippen molar-refractivity contribution in [1.29, 1.82) is 0 Å². The maximum Gasteiger partial charge on any atom is 0.228 e. The van der Waals surface area contributed by atoms with Crippen LogP contribution in [0.25, 0.3) is 0 Å². The molecule has 3 nitrogen and oxygen atoms in total. The minimum atomic E-state index is -0.242. The van der Waals surface area contributed by atoms with Crippen LogP contribution >= 0.6 is 11.3 Å². The molecule has 2 saturated carbocycles. The molecule has 0 aromatic carbocycles. The lowest BCUT2D eigenvalue weighted by molar-refractivity contribution is -0.127. The largest absolute Gasteiger partial charge is 0.348 e. The van der Waals surface area contributed by atoms with Crippen molar-refractivity contribution < 1.29 is 4.79 Å². The molecule has 0 saturated heterocycles. The first-order valence-corrected chi connectivity index (χ1v) is 8.18. The van der Waals surface area contributed by atoms with Gasteiger partial charge in [-0.3, -0.25) is 4.79 Å². The summed E-state index contributed by atoms with van der Waals surface area (Å²) in [6.07, 6.45) is 6.97. The second-order valence-corrected chi connectivity index (χ2v) is 6.97. The number of nitrogens with two attached hydrogens (primary N) is 1. The van der Waals surface area contributed by atoms with Crippen molar-refractivity contribution in [1.82, 2.24) is 5.32 Å². The fourth-order valence-corrected chi connectivity index (χ4v) is 4.02. The van der Waals surface area contributed by atoms with Gasteiger partial charge >= 0.3 is 0 Å². The van der Waals surface area contributed by atoms with Gasteiger partial charge < -0.3 is 11.1 Å². The van der Waals surface area contributed by atoms with Crippen LogP contribution in [0.15, 0.2) is 17.5 Å². The molecule has 104 valence electrons. The summed E-state index contributed by atoms with van der Waals surface area (Å²) in [5.74, 6) is 0.788. The number of hydrogen-bond donors (Lipinski definition) is 2. The predicted octanol–water partition coefficient (Wildman–Crippen LogP) is 2.83. The maximum absolute atomic E-state index is 12.4. The Bertz CT molecular complexity index is 433. The number of rotatable bonds is 5. The van der Waals surface area contributed by atoms with Crippen molar-refractivity contribution in [3.05, 3.63) is 22.4 Å². The molecule has 1 heterocycles. The first kappa shape index (κ1) is 13.1. The number of hydrogen-bond acceptors (Lipinski definition) is 3. The van der Waals surface area contributed by atoms with Gasteiger partial charge in [0.1, 0.15) is 0 Å². The quantitative estimate of drug-likeness (QED) is 0.870. The molecule has 4 heteroatoms. The van der Waals surface area contributed by atoms with Gasteiger partial charge in [-0.2, -0.15) is 0 Å². The standard InChI is InChI=1S/C15H22N2OS/c16-10-15(7-8-15)14(18)17-13(11-4-1-2-5-11)12-6-3-9-19-12/h3,6,9,11,13H,1-2,4-5,7-8,10,16H2,(H,17,18). The van der Waals surface area contributed by atoms with Crippen molar-refractivity contribution in [3.8, 4) is 0 Å². The van der Waals surface area contributed by atoms with Crippen LogP contribution in [0.1, 0.15) is 49.4 Å². The Morgan fingerprint density at radius 1 is 1.47 bits per heavy atom. The average Bonchev–Trinajstić information content (AvgIpc) is 2.87. The molecule has 19 heavy (non-hydrogen) atoms. The van der Waals surface area contributed by atoms with Crippen molar-refractivity contribution in [2.75, 3.05) is 6.54 Å². The molecule has 1 unspecified atom stereocenters. The van der Waals surface area contributed by atoms with E-state index in [1.165, 1.54) is 30.6 Å². The summed E-state index contributed by atoms with van der Waals surface area (Å²) in [4.78, 5) is 13.7. The van der Waals surface area contributed by atoms with Crippen LogP contribution in [-0.4, -0.2) is 12.5 Å². The van der Waals surface area contributed by atoms with Gasteiger partial charge in [-0.25, -0.2) is 0 Å². The molecule has 3 N–H and O–H groups in total. The highest BCUT2D eigenvalue weighted by Crippen LogP contribution is 2.46. The Morgan fingerprint density at radius 3 is 2.74 bits per heavy atom. The van der Waals surface area contributed by atoms with Crippen LogP contribution in [0.2, 0.25) is 0 Å². The maximum atomic E-state index is 12.4. The normalized spacial score (nSPS) is 23.2. The van der Waals surface area contributed by atoms with E-state index in [1.807, 2.05) is 0 Å². The molecule has 0 aliphatic heterocycles. The average molecular weight is 278 g/mol. The number of thiophene rings is 1. The Labute approximate surface area is 118 Å². The third-order valence-corrected chi connectivity index (χ3v) is 5.69. The van der Waals surface area contributed by atoms with E-state index >= 15 is 0 Å². The molecule has 1 amide bonds. The van der Waals surface area contributed by atoms with Crippen LogP contribution in [0.3, 0.4) is 0 Å². The zero-order valence-corrected chi connectivity index (χ0v) is 12.0. The van der Waals surface area contributed by atoms with Crippen LogP contribution in [0.4, 0.5) is 0 Å². The van der Waals surface area contributed by atoms with Crippen molar-refractivity contribution >= 4 is 17.2 Å². The Balaban J connectivity index is 1.74. The minimum Gasteiger partial charge on any atom is -0.348 e. The smallest absolute Gasteiger partial charge is 0.228 e. The topological polar surface area (TPSA) is 55.1 Å². The van der Waals surface area contributed by atoms with E-state index in [2.05, 4.69) is 22.8 Å². The summed E-state index contributed by atoms with van der Waals surface area (Å²) in [7, 11) is 0. The van der Waals surface area contributed by atoms with Gasteiger partial charge in [0.05, 0.1) is 11.5 Å². The van der Waals surface area contributed by atoms with Crippen LogP contribution < -0.4 is 11.1 Å². The third-order valence-electron chi connectivity index (χ3n) is 4.73. The summed E-state index contributed by atoms with van der Waals surface area (Å²) >= 11 is 1.75. The van der Waals surface area contributed by atoms with E-state index < -0.39 is 0 Å². The second-order valence-electron chi connectivity index (χ2n) is 6.00. The summed E-state index contributed by atoms with van der Waals surface area (Å²) in [5.41, 5.74) is 5.52. The van der Waals surface area contributed by atoms with Crippen molar-refractivity contribution in [3.63, 3.8) is 0 Å². The highest BCUT2D eigenvalue weighted by Gasteiger charge is 2.49. The Kier molecular flexibility index (Phi) is 3.63. The van der Waals surface area contributed by atoms with E-state index in [1.54, 1.807) is 11.3 Å². The van der Waals surface area contributed by atoms with Crippen LogP contribution in [-0.2, 0) is 4.79 Å². The van der Waals surface area contributed by atoms with E-state index in [9.17, 15) is 4.79 Å². The zero-order chi connectivity index (χ0) is 13.3. The van der Waals surface area contributed by atoms with Crippen molar-refractivity contribution in [2.24, 2.45) is 17.1 Å². The molecular weight excluding hydrogens is 256 g/mol. The predicted molar refractivity (Wildman–Crippen MR) is 77.9 cm³/mol. The molecule has 0 spiro atoms. The second kappa shape index (κ2) is 5.25. The van der Waals surface area contributed by atoms with Crippen LogP contribution in [0, 0.1) is 11.3 Å². The third kappa shape index (κ3) is 2.56. The van der Waals surface area contributed by atoms with E-state index in [0.717, 1.165) is 12.8 Å². The van der Waals surface area contributed by atoms with E-state index in [-0.39, 0.29) is 17.4 Å². The molecule has 0 bridgehead atoms. The number of carbonyl (C=O) groups excluding carboxylic acids is 1. The first-order chi connectivity index (χ1) is 9.25. The Morgan fingerprint density at radius 2 is 2.21 bits per heavy atom. The lowest BCUT2D eigenvalue weighted by Gasteiger charge is -2.26.